The minimum absolute atomic E-state index is 0.243. The third-order valence-corrected chi connectivity index (χ3v) is 3.87. The van der Waals surface area contributed by atoms with E-state index >= 15 is 0 Å². The lowest BCUT2D eigenvalue weighted by molar-refractivity contribution is 0.327. The van der Waals surface area contributed by atoms with Crippen LogP contribution in [0.1, 0.15) is 19.8 Å². The first kappa shape index (κ1) is 13.7. The van der Waals surface area contributed by atoms with Gasteiger partial charge >= 0.3 is 0 Å². The van der Waals surface area contributed by atoms with E-state index < -0.39 is 0 Å². The van der Waals surface area contributed by atoms with Gasteiger partial charge in [-0.2, -0.15) is 0 Å². The van der Waals surface area contributed by atoms with Gasteiger partial charge in [-0.05, 0) is 48.4 Å². The van der Waals surface area contributed by atoms with Crippen molar-refractivity contribution in [1.82, 2.24) is 9.88 Å². The van der Waals surface area contributed by atoms with Crippen LogP contribution in [0.15, 0.2) is 16.7 Å². The summed E-state index contributed by atoms with van der Waals surface area (Å²) in [5, 5.41) is 0. The number of nitrogens with zero attached hydrogens (tertiary/aromatic N) is 3. The van der Waals surface area contributed by atoms with Gasteiger partial charge in [0, 0.05) is 29.8 Å². The molecule has 0 saturated carbocycles. The van der Waals surface area contributed by atoms with Gasteiger partial charge in [0.05, 0.1) is 0 Å². The number of hydrogen-bond donors (Lipinski definition) is 0. The Morgan fingerprint density at radius 1 is 1.50 bits per heavy atom. The van der Waals surface area contributed by atoms with Gasteiger partial charge in [-0.1, -0.05) is 6.92 Å². The second kappa shape index (κ2) is 5.97. The Balaban J connectivity index is 2.28. The summed E-state index contributed by atoms with van der Waals surface area (Å²) in [4.78, 5) is 8.68. The molecular weight excluding hydrogens is 297 g/mol. The summed E-state index contributed by atoms with van der Waals surface area (Å²) in [6, 6.07) is 1.82. The summed E-state index contributed by atoms with van der Waals surface area (Å²) in [7, 11) is 2.12. The van der Waals surface area contributed by atoms with Crippen LogP contribution in [0.4, 0.5) is 10.2 Å². The van der Waals surface area contributed by atoms with Crippen LogP contribution in [0.2, 0.25) is 0 Å². The molecule has 0 N–H and O–H groups in total. The molecule has 0 radical (unpaired) electrons. The highest BCUT2D eigenvalue weighted by molar-refractivity contribution is 9.10. The molecule has 2 heterocycles. The second-order valence-corrected chi connectivity index (χ2v) is 5.75. The maximum atomic E-state index is 14.0. The summed E-state index contributed by atoms with van der Waals surface area (Å²) in [5.74, 6) is 0.243. The molecule has 100 valence electrons. The number of anilines is 1. The van der Waals surface area contributed by atoms with Gasteiger partial charge in [0.1, 0.15) is 0 Å². The van der Waals surface area contributed by atoms with Crippen molar-refractivity contribution in [1.29, 1.82) is 0 Å². The minimum Gasteiger partial charge on any atom is -0.350 e. The van der Waals surface area contributed by atoms with E-state index in [1.165, 1.54) is 6.07 Å². The van der Waals surface area contributed by atoms with E-state index in [-0.39, 0.29) is 5.82 Å². The number of pyridine rings is 1. The third-order valence-electron chi connectivity index (χ3n) is 3.43. The van der Waals surface area contributed by atoms with Crippen LogP contribution in [0, 0.1) is 5.82 Å². The summed E-state index contributed by atoms with van der Waals surface area (Å²) in [6.45, 7) is 5.04. The first-order chi connectivity index (χ1) is 8.61. The molecule has 0 amide bonds. The van der Waals surface area contributed by atoms with Gasteiger partial charge in [-0.15, -0.1) is 0 Å². The molecule has 1 fully saturated rings. The van der Waals surface area contributed by atoms with Crippen LogP contribution < -0.4 is 4.90 Å². The standard InChI is InChI=1S/C13H19BrFN3/c1-3-11-9-17(2)5-4-6-18(11)13-12(15)7-10(14)8-16-13/h7-8,11H,3-6,9H2,1-2H3. The molecule has 1 aliphatic heterocycles. The summed E-state index contributed by atoms with van der Waals surface area (Å²) < 4.78 is 14.7. The fraction of sp³-hybridized carbons (Fsp3) is 0.615. The molecule has 1 atom stereocenters. The Hall–Kier alpha value is -0.680. The molecular formula is C13H19BrFN3. The van der Waals surface area contributed by atoms with E-state index in [1.807, 2.05) is 0 Å². The fourth-order valence-electron chi connectivity index (χ4n) is 2.49. The highest BCUT2D eigenvalue weighted by Crippen LogP contribution is 2.24. The zero-order valence-electron chi connectivity index (χ0n) is 10.9. The van der Waals surface area contributed by atoms with Crippen LogP contribution in [0.25, 0.3) is 0 Å². The fourth-order valence-corrected chi connectivity index (χ4v) is 2.79. The number of likely N-dealkylation sites (N-methyl/N-ethyl adjacent to an activating group) is 1. The van der Waals surface area contributed by atoms with Gasteiger partial charge in [-0.25, -0.2) is 9.37 Å². The van der Waals surface area contributed by atoms with Gasteiger partial charge in [0.25, 0.3) is 0 Å². The van der Waals surface area contributed by atoms with E-state index in [2.05, 4.69) is 44.7 Å². The number of aromatic nitrogens is 1. The monoisotopic (exact) mass is 315 g/mol. The van der Waals surface area contributed by atoms with Crippen molar-refractivity contribution in [2.75, 3.05) is 31.6 Å². The number of halogens is 2. The molecule has 1 aromatic rings. The molecule has 1 aliphatic rings. The highest BCUT2D eigenvalue weighted by atomic mass is 79.9. The van der Waals surface area contributed by atoms with Crippen LogP contribution in [-0.4, -0.2) is 42.6 Å². The maximum absolute atomic E-state index is 14.0. The lowest BCUT2D eigenvalue weighted by Gasteiger charge is -2.31. The smallest absolute Gasteiger partial charge is 0.166 e. The molecule has 18 heavy (non-hydrogen) atoms. The predicted octanol–water partition coefficient (Wildman–Crippen LogP) is 2.90. The number of rotatable bonds is 2. The SMILES string of the molecule is CCC1CN(C)CCCN1c1ncc(Br)cc1F. The first-order valence-corrected chi connectivity index (χ1v) is 7.17. The largest absolute Gasteiger partial charge is 0.350 e. The Kier molecular flexibility index (Phi) is 4.56. The van der Waals surface area contributed by atoms with Crippen molar-refractivity contribution in [2.45, 2.75) is 25.8 Å². The maximum Gasteiger partial charge on any atom is 0.166 e. The lowest BCUT2D eigenvalue weighted by Crippen LogP contribution is -2.40. The average molecular weight is 316 g/mol. The van der Waals surface area contributed by atoms with E-state index in [1.54, 1.807) is 6.20 Å². The van der Waals surface area contributed by atoms with Crippen LogP contribution in [0.3, 0.4) is 0 Å². The second-order valence-electron chi connectivity index (χ2n) is 4.83. The van der Waals surface area contributed by atoms with Crippen LogP contribution >= 0.6 is 15.9 Å². The third kappa shape index (κ3) is 3.01. The Bertz CT molecular complexity index is 413. The van der Waals surface area contributed by atoms with Crippen LogP contribution in [0.5, 0.6) is 0 Å². The van der Waals surface area contributed by atoms with E-state index in [4.69, 9.17) is 0 Å². The van der Waals surface area contributed by atoms with Gasteiger partial charge in [-0.3, -0.25) is 0 Å². The Morgan fingerprint density at radius 3 is 2.94 bits per heavy atom. The molecule has 5 heteroatoms. The zero-order valence-corrected chi connectivity index (χ0v) is 12.5. The summed E-state index contributed by atoms with van der Waals surface area (Å²) >= 11 is 3.25. The molecule has 1 saturated heterocycles. The Labute approximate surface area is 116 Å². The molecule has 0 aliphatic carbocycles. The van der Waals surface area contributed by atoms with Crippen molar-refractivity contribution in [3.05, 3.63) is 22.6 Å². The first-order valence-electron chi connectivity index (χ1n) is 6.38. The molecule has 1 aromatic heterocycles. The van der Waals surface area contributed by atoms with Gasteiger partial charge in [0.2, 0.25) is 0 Å². The zero-order chi connectivity index (χ0) is 13.1. The van der Waals surface area contributed by atoms with Gasteiger partial charge in [0.15, 0.2) is 11.6 Å². The minimum atomic E-state index is -0.243. The lowest BCUT2D eigenvalue weighted by atomic mass is 10.2. The molecule has 2 rings (SSSR count). The average Bonchev–Trinajstić information content (AvgIpc) is 2.51. The summed E-state index contributed by atoms with van der Waals surface area (Å²) in [6.07, 6.45) is 3.71. The van der Waals surface area contributed by atoms with Gasteiger partial charge < -0.3 is 9.80 Å². The topological polar surface area (TPSA) is 19.4 Å². The van der Waals surface area contributed by atoms with Crippen LogP contribution in [-0.2, 0) is 0 Å². The molecule has 1 unspecified atom stereocenters. The van der Waals surface area contributed by atoms with E-state index in [0.29, 0.717) is 16.3 Å². The quantitative estimate of drug-likeness (QED) is 0.836. The van der Waals surface area contributed by atoms with Crippen molar-refractivity contribution in [3.63, 3.8) is 0 Å². The molecule has 0 spiro atoms. The van der Waals surface area contributed by atoms with Crippen molar-refractivity contribution in [3.8, 4) is 0 Å². The summed E-state index contributed by atoms with van der Waals surface area (Å²) in [5.41, 5.74) is 0. The van der Waals surface area contributed by atoms with E-state index in [9.17, 15) is 4.39 Å². The van der Waals surface area contributed by atoms with E-state index in [0.717, 1.165) is 32.5 Å². The molecule has 0 bridgehead atoms. The van der Waals surface area contributed by atoms with Crippen molar-refractivity contribution >= 4 is 21.7 Å². The van der Waals surface area contributed by atoms with Crippen molar-refractivity contribution < 1.29 is 4.39 Å². The number of hydrogen-bond acceptors (Lipinski definition) is 3. The molecule has 3 nitrogen and oxygen atoms in total. The highest BCUT2D eigenvalue weighted by Gasteiger charge is 2.25. The predicted molar refractivity (Wildman–Crippen MR) is 75.4 cm³/mol. The Morgan fingerprint density at radius 2 is 2.28 bits per heavy atom. The normalized spacial score (nSPS) is 22.0. The van der Waals surface area contributed by atoms with Crippen molar-refractivity contribution in [2.24, 2.45) is 0 Å². The molecule has 0 aromatic carbocycles.